The lowest BCUT2D eigenvalue weighted by Crippen LogP contribution is -2.34. The van der Waals surface area contributed by atoms with E-state index >= 15 is 0 Å². The third-order valence-corrected chi connectivity index (χ3v) is 4.00. The minimum atomic E-state index is -0.592. The molecule has 17 heavy (non-hydrogen) atoms. The SMILES string of the molecule is C=C(C)[C@@H](O)[C@@H]1ON=C[C@@H]1CC1CCCCC1. The summed E-state index contributed by atoms with van der Waals surface area (Å²) in [6, 6.07) is 0. The molecule has 1 aliphatic heterocycles. The number of rotatable bonds is 4. The summed E-state index contributed by atoms with van der Waals surface area (Å²) in [6.07, 6.45) is 8.88. The molecule has 0 saturated heterocycles. The van der Waals surface area contributed by atoms with Gasteiger partial charge in [0, 0.05) is 5.92 Å². The molecule has 3 heteroatoms. The molecular formula is C14H23NO2. The second-order valence-electron chi connectivity index (χ2n) is 5.52. The zero-order valence-corrected chi connectivity index (χ0v) is 10.6. The Morgan fingerprint density at radius 3 is 2.82 bits per heavy atom. The lowest BCUT2D eigenvalue weighted by Gasteiger charge is -2.27. The van der Waals surface area contributed by atoms with Gasteiger partial charge in [0.15, 0.2) is 6.10 Å². The van der Waals surface area contributed by atoms with E-state index in [1.807, 2.05) is 13.1 Å². The fraction of sp³-hybridized carbons (Fsp3) is 0.786. The summed E-state index contributed by atoms with van der Waals surface area (Å²) in [7, 11) is 0. The molecule has 0 amide bonds. The number of hydrogen-bond donors (Lipinski definition) is 1. The van der Waals surface area contributed by atoms with Crippen LogP contribution in [-0.4, -0.2) is 23.5 Å². The number of aliphatic hydroxyl groups is 1. The Hall–Kier alpha value is -0.830. The fourth-order valence-electron chi connectivity index (χ4n) is 2.92. The first-order valence-corrected chi connectivity index (χ1v) is 6.71. The van der Waals surface area contributed by atoms with E-state index in [9.17, 15) is 5.11 Å². The van der Waals surface area contributed by atoms with Crippen LogP contribution in [0, 0.1) is 11.8 Å². The quantitative estimate of drug-likeness (QED) is 0.764. The summed E-state index contributed by atoms with van der Waals surface area (Å²) in [5.41, 5.74) is 0.758. The van der Waals surface area contributed by atoms with Crippen molar-refractivity contribution in [1.82, 2.24) is 0 Å². The Morgan fingerprint density at radius 1 is 1.47 bits per heavy atom. The zero-order valence-electron chi connectivity index (χ0n) is 10.6. The van der Waals surface area contributed by atoms with Crippen molar-refractivity contribution in [2.45, 2.75) is 57.7 Å². The number of aliphatic hydroxyl groups excluding tert-OH is 1. The highest BCUT2D eigenvalue weighted by molar-refractivity contribution is 5.62. The Kier molecular flexibility index (Phi) is 4.21. The molecule has 0 bridgehead atoms. The molecule has 0 aromatic rings. The van der Waals surface area contributed by atoms with E-state index < -0.39 is 6.10 Å². The van der Waals surface area contributed by atoms with E-state index in [0.29, 0.717) is 0 Å². The van der Waals surface area contributed by atoms with Crippen molar-refractivity contribution in [1.29, 1.82) is 0 Å². The predicted molar refractivity (Wildman–Crippen MR) is 68.9 cm³/mol. The Morgan fingerprint density at radius 2 is 2.18 bits per heavy atom. The van der Waals surface area contributed by atoms with E-state index in [1.54, 1.807) is 0 Å². The van der Waals surface area contributed by atoms with Crippen molar-refractivity contribution in [2.24, 2.45) is 17.0 Å². The molecule has 1 fully saturated rings. The van der Waals surface area contributed by atoms with Crippen LogP contribution in [0.15, 0.2) is 17.3 Å². The van der Waals surface area contributed by atoms with Crippen LogP contribution in [0.25, 0.3) is 0 Å². The molecule has 1 heterocycles. The number of hydrogen-bond acceptors (Lipinski definition) is 3. The molecule has 1 N–H and O–H groups in total. The molecule has 0 unspecified atom stereocenters. The van der Waals surface area contributed by atoms with Crippen LogP contribution in [0.2, 0.25) is 0 Å². The van der Waals surface area contributed by atoms with Gasteiger partial charge in [-0.05, 0) is 24.8 Å². The van der Waals surface area contributed by atoms with Gasteiger partial charge < -0.3 is 9.94 Å². The second-order valence-corrected chi connectivity index (χ2v) is 5.52. The van der Waals surface area contributed by atoms with Crippen molar-refractivity contribution in [2.75, 3.05) is 0 Å². The molecule has 3 atom stereocenters. The third kappa shape index (κ3) is 3.09. The smallest absolute Gasteiger partial charge is 0.164 e. The summed E-state index contributed by atoms with van der Waals surface area (Å²) in [5, 5.41) is 13.9. The van der Waals surface area contributed by atoms with E-state index in [0.717, 1.165) is 17.9 Å². The standard InChI is InChI=1S/C14H23NO2/c1-10(2)13(16)14-12(9-15-17-14)8-11-6-4-3-5-7-11/h9,11-14,16H,1,3-8H2,2H3/t12-,13+,14+/m0/s1. The largest absolute Gasteiger partial charge is 0.389 e. The summed E-state index contributed by atoms with van der Waals surface area (Å²) < 4.78 is 0. The van der Waals surface area contributed by atoms with E-state index in [4.69, 9.17) is 4.84 Å². The highest BCUT2D eigenvalue weighted by Gasteiger charge is 2.35. The van der Waals surface area contributed by atoms with Crippen molar-refractivity contribution in [3.63, 3.8) is 0 Å². The molecule has 2 aliphatic rings. The van der Waals surface area contributed by atoms with Crippen molar-refractivity contribution in [3.8, 4) is 0 Å². The lowest BCUT2D eigenvalue weighted by molar-refractivity contribution is -0.0237. The summed E-state index contributed by atoms with van der Waals surface area (Å²) in [5.74, 6) is 1.03. The maximum atomic E-state index is 10.0. The van der Waals surface area contributed by atoms with Gasteiger partial charge in [0.2, 0.25) is 0 Å². The van der Waals surface area contributed by atoms with Gasteiger partial charge in [0.1, 0.15) is 6.10 Å². The van der Waals surface area contributed by atoms with Crippen LogP contribution in [0.5, 0.6) is 0 Å². The molecule has 2 rings (SSSR count). The molecule has 1 saturated carbocycles. The first-order chi connectivity index (χ1) is 8.18. The van der Waals surface area contributed by atoms with Crippen molar-refractivity contribution in [3.05, 3.63) is 12.2 Å². The maximum absolute atomic E-state index is 10.0. The Labute approximate surface area is 104 Å². The summed E-state index contributed by atoms with van der Waals surface area (Å²) in [6.45, 7) is 5.63. The fourth-order valence-corrected chi connectivity index (χ4v) is 2.92. The minimum absolute atomic E-state index is 0.213. The second kappa shape index (κ2) is 5.67. The topological polar surface area (TPSA) is 41.8 Å². The highest BCUT2D eigenvalue weighted by Crippen LogP contribution is 2.33. The van der Waals surface area contributed by atoms with Crippen LogP contribution in [0.3, 0.4) is 0 Å². The number of nitrogens with zero attached hydrogens (tertiary/aromatic N) is 1. The molecule has 0 aromatic heterocycles. The first kappa shape index (κ1) is 12.6. The van der Waals surface area contributed by atoms with Gasteiger partial charge in [-0.25, -0.2) is 0 Å². The average Bonchev–Trinajstić information content (AvgIpc) is 2.77. The van der Waals surface area contributed by atoms with Gasteiger partial charge in [-0.15, -0.1) is 0 Å². The normalized spacial score (nSPS) is 31.2. The first-order valence-electron chi connectivity index (χ1n) is 6.71. The van der Waals surface area contributed by atoms with Crippen molar-refractivity contribution >= 4 is 6.21 Å². The predicted octanol–water partition coefficient (Wildman–Crippen LogP) is 2.89. The Balaban J connectivity index is 1.89. The highest BCUT2D eigenvalue weighted by atomic mass is 16.6. The maximum Gasteiger partial charge on any atom is 0.164 e. The molecule has 96 valence electrons. The minimum Gasteiger partial charge on any atom is -0.389 e. The monoisotopic (exact) mass is 237 g/mol. The van der Waals surface area contributed by atoms with E-state index in [-0.39, 0.29) is 12.0 Å². The van der Waals surface area contributed by atoms with Crippen LogP contribution < -0.4 is 0 Å². The van der Waals surface area contributed by atoms with Crippen LogP contribution in [-0.2, 0) is 4.84 Å². The molecule has 0 spiro atoms. The van der Waals surface area contributed by atoms with E-state index in [2.05, 4.69) is 11.7 Å². The van der Waals surface area contributed by atoms with Crippen LogP contribution in [0.4, 0.5) is 0 Å². The summed E-state index contributed by atoms with van der Waals surface area (Å²) >= 11 is 0. The third-order valence-electron chi connectivity index (χ3n) is 4.00. The van der Waals surface area contributed by atoms with Gasteiger partial charge in [-0.1, -0.05) is 43.8 Å². The van der Waals surface area contributed by atoms with Gasteiger partial charge in [-0.3, -0.25) is 0 Å². The van der Waals surface area contributed by atoms with Crippen LogP contribution in [0.1, 0.15) is 45.4 Å². The van der Waals surface area contributed by atoms with Gasteiger partial charge in [-0.2, -0.15) is 0 Å². The molecule has 1 aliphatic carbocycles. The number of oxime groups is 1. The van der Waals surface area contributed by atoms with E-state index in [1.165, 1.54) is 32.1 Å². The average molecular weight is 237 g/mol. The lowest BCUT2D eigenvalue weighted by atomic mass is 9.80. The Bertz CT molecular complexity index is 295. The van der Waals surface area contributed by atoms with Crippen LogP contribution >= 0.6 is 0 Å². The molecular weight excluding hydrogens is 214 g/mol. The summed E-state index contributed by atoms with van der Waals surface area (Å²) in [4.78, 5) is 5.29. The zero-order chi connectivity index (χ0) is 12.3. The molecule has 3 nitrogen and oxygen atoms in total. The van der Waals surface area contributed by atoms with Gasteiger partial charge in [0.05, 0.1) is 6.21 Å². The molecule has 0 radical (unpaired) electrons. The van der Waals surface area contributed by atoms with Crippen molar-refractivity contribution < 1.29 is 9.94 Å². The molecule has 0 aromatic carbocycles. The van der Waals surface area contributed by atoms with Gasteiger partial charge in [0.25, 0.3) is 0 Å². The van der Waals surface area contributed by atoms with Gasteiger partial charge >= 0.3 is 0 Å².